The van der Waals surface area contributed by atoms with Gasteiger partial charge in [0.2, 0.25) is 0 Å². The van der Waals surface area contributed by atoms with Crippen LogP contribution < -0.4 is 0 Å². The van der Waals surface area contributed by atoms with E-state index in [1.807, 2.05) is 11.6 Å². The molecule has 1 aliphatic carbocycles. The van der Waals surface area contributed by atoms with Gasteiger partial charge >= 0.3 is 0 Å². The van der Waals surface area contributed by atoms with Gasteiger partial charge < -0.3 is 9.84 Å². The summed E-state index contributed by atoms with van der Waals surface area (Å²) in [5.74, 6) is 0. The number of hydrogen-bond acceptors (Lipinski definition) is 4. The molecule has 0 radical (unpaired) electrons. The van der Waals surface area contributed by atoms with Gasteiger partial charge in [-0.2, -0.15) is 0 Å². The molecule has 0 aliphatic heterocycles. The molecule has 5 heteroatoms. The van der Waals surface area contributed by atoms with Crippen molar-refractivity contribution in [1.82, 2.24) is 15.0 Å². The minimum Gasteiger partial charge on any atom is -0.390 e. The predicted molar refractivity (Wildman–Crippen MR) is 58.9 cm³/mol. The molecule has 1 fully saturated rings. The third kappa shape index (κ3) is 1.97. The van der Waals surface area contributed by atoms with Crippen molar-refractivity contribution < 1.29 is 9.84 Å². The zero-order valence-electron chi connectivity index (χ0n) is 9.89. The van der Waals surface area contributed by atoms with E-state index in [2.05, 4.69) is 10.3 Å². The lowest BCUT2D eigenvalue weighted by molar-refractivity contribution is 0.107. The van der Waals surface area contributed by atoms with Gasteiger partial charge in [-0.1, -0.05) is 18.1 Å². The summed E-state index contributed by atoms with van der Waals surface area (Å²) in [6.07, 6.45) is 4.73. The Hall–Kier alpha value is -0.940. The third-order valence-corrected chi connectivity index (χ3v) is 3.36. The van der Waals surface area contributed by atoms with Crippen LogP contribution in [0.5, 0.6) is 0 Å². The summed E-state index contributed by atoms with van der Waals surface area (Å²) >= 11 is 0. The molecule has 5 nitrogen and oxygen atoms in total. The van der Waals surface area contributed by atoms with Crippen LogP contribution in [0.3, 0.4) is 0 Å². The summed E-state index contributed by atoms with van der Waals surface area (Å²) in [6, 6.07) is 0.431. The summed E-state index contributed by atoms with van der Waals surface area (Å²) in [4.78, 5) is 0. The van der Waals surface area contributed by atoms with E-state index >= 15 is 0 Å². The Labute approximate surface area is 95.4 Å². The fourth-order valence-electron chi connectivity index (χ4n) is 2.40. The van der Waals surface area contributed by atoms with Gasteiger partial charge in [0.25, 0.3) is 0 Å². The maximum atomic E-state index is 9.25. The third-order valence-electron chi connectivity index (χ3n) is 3.36. The standard InChI is InChI=1S/C11H19N3O2/c1-8(16-2)11-10(7-15)12-13-14(11)9-5-3-4-6-9/h8-9,15H,3-7H2,1-2H3. The van der Waals surface area contributed by atoms with Crippen LogP contribution in [0.15, 0.2) is 0 Å². The summed E-state index contributed by atoms with van der Waals surface area (Å²) in [5, 5.41) is 17.4. The first kappa shape index (κ1) is 11.5. The monoisotopic (exact) mass is 225 g/mol. The molecule has 16 heavy (non-hydrogen) atoms. The number of aromatic nitrogens is 3. The van der Waals surface area contributed by atoms with E-state index in [9.17, 15) is 5.11 Å². The number of methoxy groups -OCH3 is 1. The molecule has 0 bridgehead atoms. The second kappa shape index (κ2) is 4.93. The number of nitrogens with zero attached hydrogens (tertiary/aromatic N) is 3. The molecule has 1 saturated carbocycles. The number of rotatable bonds is 4. The molecular formula is C11H19N3O2. The molecule has 1 atom stereocenters. The predicted octanol–water partition coefficient (Wildman–Crippen LogP) is 1.59. The summed E-state index contributed by atoms with van der Waals surface area (Å²) in [7, 11) is 1.66. The summed E-state index contributed by atoms with van der Waals surface area (Å²) in [6.45, 7) is 1.89. The Kier molecular flexibility index (Phi) is 3.56. The number of aliphatic hydroxyl groups excluding tert-OH is 1. The summed E-state index contributed by atoms with van der Waals surface area (Å²) < 4.78 is 7.28. The average molecular weight is 225 g/mol. The Morgan fingerprint density at radius 1 is 1.50 bits per heavy atom. The van der Waals surface area contributed by atoms with Crippen molar-refractivity contribution in [2.45, 2.75) is 51.4 Å². The highest BCUT2D eigenvalue weighted by atomic mass is 16.5. The molecule has 90 valence electrons. The molecule has 1 unspecified atom stereocenters. The van der Waals surface area contributed by atoms with Gasteiger partial charge in [-0.3, -0.25) is 0 Å². The molecule has 0 spiro atoms. The van der Waals surface area contributed by atoms with Crippen LogP contribution in [-0.4, -0.2) is 27.2 Å². The molecule has 1 N–H and O–H groups in total. The van der Waals surface area contributed by atoms with Crippen LogP contribution in [0, 0.1) is 0 Å². The quantitative estimate of drug-likeness (QED) is 0.845. The second-order valence-electron chi connectivity index (χ2n) is 4.34. The topological polar surface area (TPSA) is 60.2 Å². The number of aliphatic hydroxyl groups is 1. The lowest BCUT2D eigenvalue weighted by Crippen LogP contribution is -2.14. The normalized spacial score (nSPS) is 19.2. The van der Waals surface area contributed by atoms with Gasteiger partial charge in [-0.15, -0.1) is 5.10 Å². The first-order valence-corrected chi connectivity index (χ1v) is 5.85. The Bertz CT molecular complexity index is 345. The fourth-order valence-corrected chi connectivity index (χ4v) is 2.40. The second-order valence-corrected chi connectivity index (χ2v) is 4.34. The van der Waals surface area contributed by atoms with Crippen LogP contribution >= 0.6 is 0 Å². The highest BCUT2D eigenvalue weighted by Gasteiger charge is 2.25. The molecule has 0 amide bonds. The van der Waals surface area contributed by atoms with E-state index in [0.717, 1.165) is 18.5 Å². The van der Waals surface area contributed by atoms with Crippen molar-refractivity contribution in [2.24, 2.45) is 0 Å². The summed E-state index contributed by atoms with van der Waals surface area (Å²) in [5.41, 5.74) is 1.57. The van der Waals surface area contributed by atoms with Crippen LogP contribution in [0.1, 0.15) is 56.1 Å². The zero-order valence-corrected chi connectivity index (χ0v) is 9.89. The maximum absolute atomic E-state index is 9.25. The molecular weight excluding hydrogens is 206 g/mol. The van der Waals surface area contributed by atoms with Crippen LogP contribution in [0.4, 0.5) is 0 Å². The Morgan fingerprint density at radius 2 is 2.19 bits per heavy atom. The fraction of sp³-hybridized carbons (Fsp3) is 0.818. The van der Waals surface area contributed by atoms with E-state index in [4.69, 9.17) is 4.74 Å². The Morgan fingerprint density at radius 3 is 2.75 bits per heavy atom. The van der Waals surface area contributed by atoms with Crippen molar-refractivity contribution >= 4 is 0 Å². The van der Waals surface area contributed by atoms with E-state index in [0.29, 0.717) is 11.7 Å². The smallest absolute Gasteiger partial charge is 0.114 e. The lowest BCUT2D eigenvalue weighted by atomic mass is 10.2. The van der Waals surface area contributed by atoms with Crippen LogP contribution in [0.2, 0.25) is 0 Å². The molecule has 2 rings (SSSR count). The SMILES string of the molecule is COC(C)c1c(CO)nnn1C1CCCC1. The minimum absolute atomic E-state index is 0.0715. The number of ether oxygens (including phenoxy) is 1. The van der Waals surface area contributed by atoms with Gasteiger partial charge in [0.05, 0.1) is 24.4 Å². The minimum atomic E-state index is -0.0737. The van der Waals surface area contributed by atoms with E-state index in [-0.39, 0.29) is 12.7 Å². The van der Waals surface area contributed by atoms with E-state index in [1.54, 1.807) is 7.11 Å². The van der Waals surface area contributed by atoms with Gasteiger partial charge in [-0.05, 0) is 19.8 Å². The van der Waals surface area contributed by atoms with Gasteiger partial charge in [0.15, 0.2) is 0 Å². The highest BCUT2D eigenvalue weighted by Crippen LogP contribution is 2.32. The first-order valence-electron chi connectivity index (χ1n) is 5.85. The van der Waals surface area contributed by atoms with Crippen LogP contribution in [0.25, 0.3) is 0 Å². The first-order chi connectivity index (χ1) is 7.77. The number of hydrogen-bond donors (Lipinski definition) is 1. The average Bonchev–Trinajstić information content (AvgIpc) is 2.95. The molecule has 1 heterocycles. The van der Waals surface area contributed by atoms with Crippen molar-refractivity contribution in [2.75, 3.05) is 7.11 Å². The largest absolute Gasteiger partial charge is 0.390 e. The highest BCUT2D eigenvalue weighted by molar-refractivity contribution is 5.13. The van der Waals surface area contributed by atoms with Crippen molar-refractivity contribution in [3.63, 3.8) is 0 Å². The molecule has 0 saturated heterocycles. The van der Waals surface area contributed by atoms with Crippen molar-refractivity contribution in [3.8, 4) is 0 Å². The van der Waals surface area contributed by atoms with Crippen LogP contribution in [-0.2, 0) is 11.3 Å². The van der Waals surface area contributed by atoms with Crippen molar-refractivity contribution in [3.05, 3.63) is 11.4 Å². The Balaban J connectivity index is 2.32. The lowest BCUT2D eigenvalue weighted by Gasteiger charge is -2.17. The van der Waals surface area contributed by atoms with Gasteiger partial charge in [0.1, 0.15) is 5.69 Å². The molecule has 1 aliphatic rings. The molecule has 0 aromatic carbocycles. The van der Waals surface area contributed by atoms with E-state index < -0.39 is 0 Å². The zero-order chi connectivity index (χ0) is 11.5. The molecule has 1 aromatic rings. The van der Waals surface area contributed by atoms with Gasteiger partial charge in [-0.25, -0.2) is 4.68 Å². The van der Waals surface area contributed by atoms with Crippen molar-refractivity contribution in [1.29, 1.82) is 0 Å². The van der Waals surface area contributed by atoms with E-state index in [1.165, 1.54) is 12.8 Å². The van der Waals surface area contributed by atoms with Gasteiger partial charge in [0, 0.05) is 7.11 Å². The molecule has 1 aromatic heterocycles. The maximum Gasteiger partial charge on any atom is 0.114 e.